The number of carbonyl (C=O) groups excluding carboxylic acids is 2. The molecule has 2 amide bonds. The number of benzene rings is 3. The number of halogens is 2. The number of amides is 2. The summed E-state index contributed by atoms with van der Waals surface area (Å²) in [5, 5.41) is 3.56. The second-order valence-corrected chi connectivity index (χ2v) is 12.0. The second-order valence-electron chi connectivity index (χ2n) is 9.26. The summed E-state index contributed by atoms with van der Waals surface area (Å²) in [6.45, 7) is 6.55. The zero-order valence-electron chi connectivity index (χ0n) is 21.7. The standard InChI is InChI=1S/C28H31Cl2N3O4S/c1-19(2)31-28(35)21(4)32(17-22-8-5-6-11-26(22)30)27(34)18-33(24-10-7-9-23(29)16-24)38(36,37)25-14-12-20(3)13-15-25/h5-16,19,21H,17-18H2,1-4H3,(H,31,35)/t21-/m0/s1. The van der Waals surface area contributed by atoms with Gasteiger partial charge in [-0.15, -0.1) is 0 Å². The number of hydrogen-bond donors (Lipinski definition) is 1. The third-order valence-corrected chi connectivity index (χ3v) is 8.27. The molecule has 0 aromatic heterocycles. The Labute approximate surface area is 234 Å². The first-order chi connectivity index (χ1) is 17.9. The van der Waals surface area contributed by atoms with Crippen molar-refractivity contribution in [2.45, 2.75) is 51.2 Å². The van der Waals surface area contributed by atoms with Gasteiger partial charge in [0.15, 0.2) is 0 Å². The van der Waals surface area contributed by atoms with E-state index in [1.165, 1.54) is 23.1 Å². The van der Waals surface area contributed by atoms with E-state index in [0.717, 1.165) is 9.87 Å². The van der Waals surface area contributed by atoms with Crippen LogP contribution in [0, 0.1) is 6.92 Å². The maximum atomic E-state index is 13.9. The lowest BCUT2D eigenvalue weighted by Crippen LogP contribution is -2.52. The van der Waals surface area contributed by atoms with Crippen LogP contribution in [-0.2, 0) is 26.2 Å². The second kappa shape index (κ2) is 12.7. The Morgan fingerprint density at radius 3 is 2.18 bits per heavy atom. The molecule has 1 N–H and O–H groups in total. The van der Waals surface area contributed by atoms with Crippen molar-refractivity contribution in [3.05, 3.63) is 94.0 Å². The highest BCUT2D eigenvalue weighted by atomic mass is 35.5. The Morgan fingerprint density at radius 1 is 0.921 bits per heavy atom. The van der Waals surface area contributed by atoms with Crippen LogP contribution >= 0.6 is 23.2 Å². The number of nitrogens with one attached hydrogen (secondary N) is 1. The molecule has 0 spiro atoms. The molecular formula is C28H31Cl2N3O4S. The summed E-state index contributed by atoms with van der Waals surface area (Å²) in [6, 6.07) is 18.6. The topological polar surface area (TPSA) is 86.8 Å². The van der Waals surface area contributed by atoms with Crippen molar-refractivity contribution in [3.63, 3.8) is 0 Å². The molecule has 1 atom stereocenters. The maximum Gasteiger partial charge on any atom is 0.264 e. The molecule has 0 saturated heterocycles. The molecule has 3 aromatic rings. The Morgan fingerprint density at radius 2 is 1.58 bits per heavy atom. The largest absolute Gasteiger partial charge is 0.352 e. The van der Waals surface area contributed by atoms with Crippen LogP contribution in [0.4, 0.5) is 5.69 Å². The van der Waals surface area contributed by atoms with Crippen LogP contribution in [0.15, 0.2) is 77.7 Å². The lowest BCUT2D eigenvalue weighted by Gasteiger charge is -2.32. The van der Waals surface area contributed by atoms with Gasteiger partial charge in [-0.25, -0.2) is 8.42 Å². The van der Waals surface area contributed by atoms with Gasteiger partial charge in [0.2, 0.25) is 11.8 Å². The number of anilines is 1. The predicted octanol–water partition coefficient (Wildman–Crippen LogP) is 5.44. The Hall–Kier alpha value is -3.07. The summed E-state index contributed by atoms with van der Waals surface area (Å²) in [5.74, 6) is -0.942. The van der Waals surface area contributed by atoms with E-state index in [9.17, 15) is 18.0 Å². The Bertz CT molecular complexity index is 1400. The SMILES string of the molecule is Cc1ccc(S(=O)(=O)N(CC(=O)N(Cc2ccccc2Cl)[C@@H](C)C(=O)NC(C)C)c2cccc(Cl)c2)cc1. The monoisotopic (exact) mass is 575 g/mol. The molecule has 3 rings (SSSR count). The molecule has 0 heterocycles. The van der Waals surface area contributed by atoms with E-state index >= 15 is 0 Å². The van der Waals surface area contributed by atoms with Crippen molar-refractivity contribution < 1.29 is 18.0 Å². The van der Waals surface area contributed by atoms with Crippen LogP contribution in [0.1, 0.15) is 31.9 Å². The summed E-state index contributed by atoms with van der Waals surface area (Å²) in [7, 11) is -4.16. The summed E-state index contributed by atoms with van der Waals surface area (Å²) in [6.07, 6.45) is 0. The van der Waals surface area contributed by atoms with Crippen molar-refractivity contribution in [1.82, 2.24) is 10.2 Å². The van der Waals surface area contributed by atoms with E-state index in [2.05, 4.69) is 5.32 Å². The molecule has 0 unspecified atom stereocenters. The molecule has 0 bridgehead atoms. The quantitative estimate of drug-likeness (QED) is 0.348. The highest BCUT2D eigenvalue weighted by molar-refractivity contribution is 7.92. The summed E-state index contributed by atoms with van der Waals surface area (Å²) in [4.78, 5) is 28.2. The fraction of sp³-hybridized carbons (Fsp3) is 0.286. The van der Waals surface area contributed by atoms with Crippen LogP contribution in [0.2, 0.25) is 10.0 Å². The van der Waals surface area contributed by atoms with Gasteiger partial charge in [-0.2, -0.15) is 0 Å². The summed E-state index contributed by atoms with van der Waals surface area (Å²) in [5.41, 5.74) is 1.75. The number of sulfonamides is 1. The molecule has 7 nitrogen and oxygen atoms in total. The highest BCUT2D eigenvalue weighted by Gasteiger charge is 2.33. The van der Waals surface area contributed by atoms with Crippen molar-refractivity contribution in [2.24, 2.45) is 0 Å². The smallest absolute Gasteiger partial charge is 0.264 e. The lowest BCUT2D eigenvalue weighted by molar-refractivity contribution is -0.139. The van der Waals surface area contributed by atoms with E-state index in [1.54, 1.807) is 61.5 Å². The number of carbonyl (C=O) groups is 2. The third kappa shape index (κ3) is 7.28. The van der Waals surface area contributed by atoms with Crippen LogP contribution in [0.5, 0.6) is 0 Å². The number of nitrogens with zero attached hydrogens (tertiary/aromatic N) is 2. The molecular weight excluding hydrogens is 545 g/mol. The van der Waals surface area contributed by atoms with Gasteiger partial charge in [0.05, 0.1) is 10.6 Å². The highest BCUT2D eigenvalue weighted by Crippen LogP contribution is 2.27. The lowest BCUT2D eigenvalue weighted by atomic mass is 10.1. The van der Waals surface area contributed by atoms with Gasteiger partial charge >= 0.3 is 0 Å². The van der Waals surface area contributed by atoms with Crippen LogP contribution in [-0.4, -0.2) is 43.8 Å². The first-order valence-electron chi connectivity index (χ1n) is 12.1. The minimum absolute atomic E-state index is 0.0130. The third-order valence-electron chi connectivity index (χ3n) is 5.88. The van der Waals surface area contributed by atoms with Gasteiger partial charge in [0, 0.05) is 22.6 Å². The van der Waals surface area contributed by atoms with Gasteiger partial charge in [-0.3, -0.25) is 13.9 Å². The number of rotatable bonds is 10. The molecule has 38 heavy (non-hydrogen) atoms. The minimum Gasteiger partial charge on any atom is -0.352 e. The molecule has 0 aliphatic heterocycles. The number of hydrogen-bond acceptors (Lipinski definition) is 4. The first kappa shape index (κ1) is 29.5. The zero-order valence-corrected chi connectivity index (χ0v) is 24.0. The minimum atomic E-state index is -4.16. The van der Waals surface area contributed by atoms with Crippen molar-refractivity contribution >= 4 is 50.7 Å². The van der Waals surface area contributed by atoms with Gasteiger partial charge in [-0.05, 0) is 69.7 Å². The molecule has 3 aromatic carbocycles. The summed E-state index contributed by atoms with van der Waals surface area (Å²) >= 11 is 12.6. The normalized spacial score (nSPS) is 12.2. The number of aryl methyl sites for hydroxylation is 1. The maximum absolute atomic E-state index is 13.9. The predicted molar refractivity (Wildman–Crippen MR) is 152 cm³/mol. The Kier molecular flexibility index (Phi) is 9.82. The van der Waals surface area contributed by atoms with E-state index in [0.29, 0.717) is 15.6 Å². The zero-order chi connectivity index (χ0) is 28.0. The van der Waals surface area contributed by atoms with Crippen molar-refractivity contribution in [3.8, 4) is 0 Å². The fourth-order valence-corrected chi connectivity index (χ4v) is 5.58. The van der Waals surface area contributed by atoms with E-state index in [1.807, 2.05) is 20.8 Å². The Balaban J connectivity index is 2.04. The average Bonchev–Trinajstić information content (AvgIpc) is 2.86. The molecule has 0 fully saturated rings. The summed E-state index contributed by atoms with van der Waals surface area (Å²) < 4.78 is 28.6. The molecule has 0 aliphatic carbocycles. The first-order valence-corrected chi connectivity index (χ1v) is 14.3. The molecule has 0 saturated carbocycles. The van der Waals surface area contributed by atoms with Crippen LogP contribution < -0.4 is 9.62 Å². The van der Waals surface area contributed by atoms with Gasteiger partial charge in [0.25, 0.3) is 10.0 Å². The molecule has 202 valence electrons. The molecule has 0 radical (unpaired) electrons. The van der Waals surface area contributed by atoms with E-state index in [-0.39, 0.29) is 29.1 Å². The van der Waals surface area contributed by atoms with Gasteiger partial charge < -0.3 is 10.2 Å². The van der Waals surface area contributed by atoms with E-state index in [4.69, 9.17) is 23.2 Å². The molecule has 0 aliphatic rings. The van der Waals surface area contributed by atoms with Gasteiger partial charge in [0.1, 0.15) is 12.6 Å². The van der Waals surface area contributed by atoms with Crippen LogP contribution in [0.3, 0.4) is 0 Å². The van der Waals surface area contributed by atoms with Crippen molar-refractivity contribution in [2.75, 3.05) is 10.8 Å². The molecule has 10 heteroatoms. The van der Waals surface area contributed by atoms with Crippen molar-refractivity contribution in [1.29, 1.82) is 0 Å². The van der Waals surface area contributed by atoms with Crippen LogP contribution in [0.25, 0.3) is 0 Å². The average molecular weight is 577 g/mol. The fourth-order valence-electron chi connectivity index (χ4n) is 3.80. The van der Waals surface area contributed by atoms with E-state index < -0.39 is 28.5 Å². The van der Waals surface area contributed by atoms with Gasteiger partial charge in [-0.1, -0.05) is 65.2 Å².